The predicted molar refractivity (Wildman–Crippen MR) is 80.2 cm³/mol. The summed E-state index contributed by atoms with van der Waals surface area (Å²) in [7, 11) is 0. The van der Waals surface area contributed by atoms with Crippen molar-refractivity contribution < 1.29 is 14.3 Å². The molecule has 1 saturated heterocycles. The van der Waals surface area contributed by atoms with E-state index in [1.807, 2.05) is 30.3 Å². The quantitative estimate of drug-likeness (QED) is 0.816. The van der Waals surface area contributed by atoms with E-state index in [9.17, 15) is 4.79 Å². The average molecular weight is 317 g/mol. The van der Waals surface area contributed by atoms with Crippen LogP contribution in [-0.2, 0) is 27.4 Å². The minimum atomic E-state index is -0.170. The summed E-state index contributed by atoms with van der Waals surface area (Å²) >= 11 is 0. The molecule has 0 saturated carbocycles. The summed E-state index contributed by atoms with van der Waals surface area (Å²) in [5.74, 6) is -0.164. The van der Waals surface area contributed by atoms with Gasteiger partial charge < -0.3 is 14.8 Å². The van der Waals surface area contributed by atoms with Crippen LogP contribution in [0.5, 0.6) is 0 Å². The van der Waals surface area contributed by atoms with Gasteiger partial charge >= 0.3 is 0 Å². The van der Waals surface area contributed by atoms with Gasteiger partial charge in [-0.1, -0.05) is 30.3 Å². The first-order valence-corrected chi connectivity index (χ1v) is 7.54. The monoisotopic (exact) mass is 317 g/mol. The number of hydrogen-bond acceptors (Lipinski definition) is 6. The summed E-state index contributed by atoms with van der Waals surface area (Å²) in [6, 6.07) is 9.85. The Morgan fingerprint density at radius 3 is 3.04 bits per heavy atom. The minimum absolute atomic E-state index is 0.0444. The highest BCUT2D eigenvalue weighted by molar-refractivity contribution is 5.75. The maximum Gasteiger partial charge on any atom is 0.243 e. The largest absolute Gasteiger partial charge is 0.379 e. The number of hydrogen-bond donors (Lipinski definition) is 1. The van der Waals surface area contributed by atoms with Crippen molar-refractivity contribution in [2.45, 2.75) is 31.7 Å². The summed E-state index contributed by atoms with van der Waals surface area (Å²) < 4.78 is 11.4. The molecule has 2 atom stereocenters. The van der Waals surface area contributed by atoms with Gasteiger partial charge in [0, 0.05) is 6.61 Å². The fraction of sp³-hybridized carbons (Fsp3) is 0.467. The molecule has 1 amide bonds. The molecule has 8 heteroatoms. The molecule has 0 radical (unpaired) electrons. The van der Waals surface area contributed by atoms with Crippen LogP contribution in [0.4, 0.5) is 0 Å². The zero-order valence-electron chi connectivity index (χ0n) is 12.7. The average Bonchev–Trinajstić information content (AvgIpc) is 3.08. The Hall–Kier alpha value is -2.32. The van der Waals surface area contributed by atoms with Crippen LogP contribution in [0.3, 0.4) is 0 Å². The second-order valence-electron chi connectivity index (χ2n) is 5.34. The van der Waals surface area contributed by atoms with E-state index in [-0.39, 0.29) is 24.6 Å². The van der Waals surface area contributed by atoms with E-state index in [1.54, 1.807) is 0 Å². The smallest absolute Gasteiger partial charge is 0.243 e. The highest BCUT2D eigenvalue weighted by atomic mass is 16.5. The first kappa shape index (κ1) is 15.6. The van der Waals surface area contributed by atoms with Crippen LogP contribution < -0.4 is 5.32 Å². The van der Waals surface area contributed by atoms with Crippen molar-refractivity contribution in [3.05, 3.63) is 42.2 Å². The normalized spacial score (nSPS) is 21.0. The Bertz CT molecular complexity index is 605. The summed E-state index contributed by atoms with van der Waals surface area (Å²) in [6.07, 6.45) is 1.85. The highest BCUT2D eigenvalue weighted by Crippen LogP contribution is 2.14. The van der Waals surface area contributed by atoms with Gasteiger partial charge in [0.05, 0.1) is 19.3 Å². The number of benzene rings is 1. The van der Waals surface area contributed by atoms with Crippen molar-refractivity contribution in [2.24, 2.45) is 0 Å². The van der Waals surface area contributed by atoms with E-state index in [4.69, 9.17) is 9.47 Å². The van der Waals surface area contributed by atoms with Gasteiger partial charge in [-0.15, -0.1) is 10.2 Å². The number of amides is 1. The zero-order valence-corrected chi connectivity index (χ0v) is 12.7. The van der Waals surface area contributed by atoms with Crippen molar-refractivity contribution in [3.8, 4) is 0 Å². The summed E-state index contributed by atoms with van der Waals surface area (Å²) in [5, 5.41) is 14.1. The van der Waals surface area contributed by atoms with Gasteiger partial charge in [0.1, 0.15) is 12.6 Å². The lowest BCUT2D eigenvalue weighted by Crippen LogP contribution is -2.50. The van der Waals surface area contributed by atoms with E-state index in [0.29, 0.717) is 19.8 Å². The molecule has 8 nitrogen and oxygen atoms in total. The third kappa shape index (κ3) is 4.57. The van der Waals surface area contributed by atoms with Crippen molar-refractivity contribution in [1.82, 2.24) is 25.5 Å². The van der Waals surface area contributed by atoms with E-state index in [2.05, 4.69) is 20.7 Å². The Balaban J connectivity index is 1.52. The van der Waals surface area contributed by atoms with Crippen LogP contribution in [0.15, 0.2) is 36.7 Å². The number of nitrogens with zero attached hydrogens (tertiary/aromatic N) is 4. The van der Waals surface area contributed by atoms with Gasteiger partial charge in [-0.3, -0.25) is 4.79 Å². The lowest BCUT2D eigenvalue weighted by atomic mass is 10.1. The van der Waals surface area contributed by atoms with Gasteiger partial charge in [-0.2, -0.15) is 4.80 Å². The van der Waals surface area contributed by atoms with Crippen LogP contribution in [-0.4, -0.2) is 51.5 Å². The number of nitrogens with one attached hydrogen (secondary N) is 1. The van der Waals surface area contributed by atoms with E-state index >= 15 is 0 Å². The molecule has 1 N–H and O–H groups in total. The second kappa shape index (κ2) is 7.80. The first-order chi connectivity index (χ1) is 11.3. The molecule has 1 aliphatic heterocycles. The first-order valence-electron chi connectivity index (χ1n) is 7.54. The van der Waals surface area contributed by atoms with Crippen LogP contribution in [0.1, 0.15) is 12.0 Å². The third-order valence-corrected chi connectivity index (χ3v) is 3.63. The van der Waals surface area contributed by atoms with Crippen molar-refractivity contribution >= 4 is 5.91 Å². The fourth-order valence-corrected chi connectivity index (χ4v) is 2.46. The Morgan fingerprint density at radius 2 is 2.26 bits per heavy atom. The van der Waals surface area contributed by atoms with Crippen molar-refractivity contribution in [2.75, 3.05) is 13.2 Å². The minimum Gasteiger partial charge on any atom is -0.379 e. The summed E-state index contributed by atoms with van der Waals surface area (Å²) in [4.78, 5) is 13.3. The molecule has 1 aromatic heterocycles. The van der Waals surface area contributed by atoms with Crippen molar-refractivity contribution in [1.29, 1.82) is 0 Å². The number of carbonyl (C=O) groups is 1. The molecule has 2 heterocycles. The van der Waals surface area contributed by atoms with Gasteiger partial charge in [0.25, 0.3) is 0 Å². The van der Waals surface area contributed by atoms with Crippen molar-refractivity contribution in [3.63, 3.8) is 0 Å². The maximum atomic E-state index is 12.1. The predicted octanol–water partition coefficient (Wildman–Crippen LogP) is 0.164. The van der Waals surface area contributed by atoms with Crippen LogP contribution in [0.2, 0.25) is 0 Å². The maximum absolute atomic E-state index is 12.1. The molecule has 1 aromatic carbocycles. The molecule has 1 aliphatic rings. The Morgan fingerprint density at radius 1 is 1.39 bits per heavy atom. The molecule has 122 valence electrons. The molecule has 2 aromatic rings. The van der Waals surface area contributed by atoms with E-state index in [1.165, 1.54) is 11.1 Å². The summed E-state index contributed by atoms with van der Waals surface area (Å²) in [5.41, 5.74) is 1.09. The Kier molecular flexibility index (Phi) is 5.28. The number of rotatable bonds is 6. The number of ether oxygens (including phenoxy) is 2. The number of tetrazole rings is 1. The molecule has 23 heavy (non-hydrogen) atoms. The molecule has 0 aliphatic carbocycles. The van der Waals surface area contributed by atoms with Crippen LogP contribution >= 0.6 is 0 Å². The molecule has 0 spiro atoms. The molecular formula is C15H19N5O3. The number of carbonyl (C=O) groups excluding carboxylic acids is 1. The zero-order chi connectivity index (χ0) is 15.9. The number of aromatic nitrogens is 4. The van der Waals surface area contributed by atoms with Gasteiger partial charge in [0.2, 0.25) is 5.91 Å². The van der Waals surface area contributed by atoms with Crippen LogP contribution in [0, 0.1) is 0 Å². The summed E-state index contributed by atoms with van der Waals surface area (Å²) in [6.45, 7) is 1.62. The molecular weight excluding hydrogens is 298 g/mol. The lowest BCUT2D eigenvalue weighted by molar-refractivity contribution is -0.127. The molecule has 1 fully saturated rings. The molecule has 0 bridgehead atoms. The lowest BCUT2D eigenvalue weighted by Gasteiger charge is -2.32. The molecule has 3 rings (SSSR count). The fourth-order valence-electron chi connectivity index (χ4n) is 2.46. The Labute approximate surface area is 133 Å². The standard InChI is InChI=1S/C15H19N5O3/c21-15(8-20-17-11-16-19-20)18-13-6-7-22-10-14(13)23-9-12-4-2-1-3-5-12/h1-5,11,13-14H,6-10H2,(H,18,21)/t13-,14-/m1/s1. The molecule has 0 unspecified atom stereocenters. The van der Waals surface area contributed by atoms with E-state index in [0.717, 1.165) is 12.0 Å². The topological polar surface area (TPSA) is 91.2 Å². The van der Waals surface area contributed by atoms with Gasteiger partial charge in [-0.05, 0) is 17.2 Å². The van der Waals surface area contributed by atoms with Crippen LogP contribution in [0.25, 0.3) is 0 Å². The van der Waals surface area contributed by atoms with Gasteiger partial charge in [0.15, 0.2) is 6.33 Å². The second-order valence-corrected chi connectivity index (χ2v) is 5.34. The van der Waals surface area contributed by atoms with Gasteiger partial charge in [-0.25, -0.2) is 0 Å². The SMILES string of the molecule is O=C(Cn1ncnn1)N[C@@H]1CCOC[C@H]1OCc1ccccc1. The van der Waals surface area contributed by atoms with E-state index < -0.39 is 0 Å². The third-order valence-electron chi connectivity index (χ3n) is 3.63. The highest BCUT2D eigenvalue weighted by Gasteiger charge is 2.28.